The van der Waals surface area contributed by atoms with Crippen LogP contribution < -0.4 is 5.32 Å². The van der Waals surface area contributed by atoms with Gasteiger partial charge < -0.3 is 19.9 Å². The van der Waals surface area contributed by atoms with E-state index in [9.17, 15) is 19.1 Å². The Hall–Kier alpha value is -2.57. The second-order valence-corrected chi connectivity index (χ2v) is 7.19. The fourth-order valence-corrected chi connectivity index (χ4v) is 3.75. The Morgan fingerprint density at radius 3 is 2.85 bits per heavy atom. The summed E-state index contributed by atoms with van der Waals surface area (Å²) < 4.78 is 15.3. The maximum atomic E-state index is 13.4. The quantitative estimate of drug-likeness (QED) is 0.879. The Bertz CT molecular complexity index is 833. The molecule has 0 aliphatic carbocycles. The molecule has 140 valence electrons. The van der Waals surface area contributed by atoms with Gasteiger partial charge in [-0.3, -0.25) is 4.79 Å². The molecule has 1 aromatic heterocycles. The van der Waals surface area contributed by atoms with Crippen LogP contribution in [-0.4, -0.2) is 46.2 Å². The smallest absolute Gasteiger partial charge is 0.317 e. The van der Waals surface area contributed by atoms with Crippen LogP contribution in [0.5, 0.6) is 0 Å². The van der Waals surface area contributed by atoms with Crippen molar-refractivity contribution in [1.82, 2.24) is 14.8 Å². The fourth-order valence-electron chi connectivity index (χ4n) is 3.75. The molecule has 0 radical (unpaired) electrons. The van der Waals surface area contributed by atoms with Crippen LogP contribution in [0.4, 0.5) is 9.18 Å². The van der Waals surface area contributed by atoms with Crippen molar-refractivity contribution in [3.63, 3.8) is 0 Å². The summed E-state index contributed by atoms with van der Waals surface area (Å²) in [5.74, 6) is -1.45. The van der Waals surface area contributed by atoms with E-state index in [0.717, 1.165) is 16.5 Å². The minimum Gasteiger partial charge on any atom is -0.481 e. The van der Waals surface area contributed by atoms with Crippen molar-refractivity contribution >= 4 is 22.9 Å². The number of urea groups is 1. The average molecular weight is 361 g/mol. The molecule has 1 fully saturated rings. The number of amides is 2. The number of likely N-dealkylation sites (tertiary alicyclic amines) is 1. The fraction of sp³-hybridized carbons (Fsp3) is 0.474. The van der Waals surface area contributed by atoms with E-state index in [4.69, 9.17) is 0 Å². The largest absolute Gasteiger partial charge is 0.481 e. The monoisotopic (exact) mass is 361 g/mol. The zero-order chi connectivity index (χ0) is 18.8. The molecule has 2 amide bonds. The van der Waals surface area contributed by atoms with Gasteiger partial charge in [0, 0.05) is 38.3 Å². The molecule has 2 heterocycles. The highest BCUT2D eigenvalue weighted by atomic mass is 19.1. The number of aliphatic carboxylic acids is 1. The van der Waals surface area contributed by atoms with E-state index < -0.39 is 11.9 Å². The maximum absolute atomic E-state index is 13.4. The zero-order valence-corrected chi connectivity index (χ0v) is 15.0. The molecule has 3 rings (SSSR count). The summed E-state index contributed by atoms with van der Waals surface area (Å²) in [5, 5.41) is 13.1. The van der Waals surface area contributed by atoms with Gasteiger partial charge in [0.25, 0.3) is 0 Å². The van der Waals surface area contributed by atoms with Gasteiger partial charge in [-0.05, 0) is 42.5 Å². The normalized spacial score (nSPS) is 20.3. The molecule has 1 aromatic carbocycles. The lowest BCUT2D eigenvalue weighted by Gasteiger charge is -2.34. The third-order valence-corrected chi connectivity index (χ3v) is 5.00. The lowest BCUT2D eigenvalue weighted by atomic mass is 9.91. The molecule has 2 atom stereocenters. The van der Waals surface area contributed by atoms with Crippen LogP contribution >= 0.6 is 0 Å². The summed E-state index contributed by atoms with van der Waals surface area (Å²) in [6.07, 6.45) is 3.17. The predicted molar refractivity (Wildman–Crippen MR) is 96.5 cm³/mol. The number of carbonyl (C=O) groups is 2. The van der Waals surface area contributed by atoms with Crippen molar-refractivity contribution in [3.05, 3.63) is 35.8 Å². The van der Waals surface area contributed by atoms with Crippen LogP contribution in [0.25, 0.3) is 10.9 Å². The topological polar surface area (TPSA) is 74.6 Å². The summed E-state index contributed by atoms with van der Waals surface area (Å²) in [7, 11) is 1.87. The molecule has 7 heteroatoms. The van der Waals surface area contributed by atoms with Crippen LogP contribution in [0.1, 0.15) is 18.9 Å². The highest BCUT2D eigenvalue weighted by Crippen LogP contribution is 2.23. The second kappa shape index (κ2) is 7.35. The number of hydrogen-bond donors (Lipinski definition) is 2. The standard InChI is InChI=1S/C19H24FN3O3/c1-12-7-14(18(24)25)11-23(9-12)19(26)21-6-5-13-10-22(2)17-8-15(20)3-4-16(13)17/h3-4,8,10,12,14H,5-7,9,11H2,1-2H3,(H,21,26)(H,24,25). The molecule has 1 aliphatic heterocycles. The van der Waals surface area contributed by atoms with Crippen molar-refractivity contribution in [3.8, 4) is 0 Å². The first-order valence-corrected chi connectivity index (χ1v) is 8.84. The van der Waals surface area contributed by atoms with Gasteiger partial charge in [0.05, 0.1) is 11.4 Å². The lowest BCUT2D eigenvalue weighted by Crippen LogP contribution is -2.49. The average Bonchev–Trinajstić information content (AvgIpc) is 2.89. The predicted octanol–water partition coefficient (Wildman–Crippen LogP) is 2.61. The van der Waals surface area contributed by atoms with E-state index in [-0.39, 0.29) is 24.3 Å². The van der Waals surface area contributed by atoms with Gasteiger partial charge in [-0.1, -0.05) is 6.92 Å². The molecule has 2 aromatic rings. The maximum Gasteiger partial charge on any atom is 0.317 e. The number of aromatic nitrogens is 1. The van der Waals surface area contributed by atoms with Crippen molar-refractivity contribution in [2.75, 3.05) is 19.6 Å². The van der Waals surface area contributed by atoms with Gasteiger partial charge in [-0.2, -0.15) is 0 Å². The van der Waals surface area contributed by atoms with Gasteiger partial charge in [0.15, 0.2) is 0 Å². The number of halogens is 1. The highest BCUT2D eigenvalue weighted by Gasteiger charge is 2.31. The number of rotatable bonds is 4. The summed E-state index contributed by atoms with van der Waals surface area (Å²) >= 11 is 0. The van der Waals surface area contributed by atoms with Crippen LogP contribution in [0.15, 0.2) is 24.4 Å². The minimum absolute atomic E-state index is 0.170. The molecule has 1 saturated heterocycles. The number of fused-ring (bicyclic) bond motifs is 1. The molecule has 0 spiro atoms. The van der Waals surface area contributed by atoms with Crippen LogP contribution in [-0.2, 0) is 18.3 Å². The van der Waals surface area contributed by atoms with E-state index >= 15 is 0 Å². The summed E-state index contributed by atoms with van der Waals surface area (Å²) in [6.45, 7) is 3.23. The molecule has 2 N–H and O–H groups in total. The molecule has 6 nitrogen and oxygen atoms in total. The van der Waals surface area contributed by atoms with E-state index in [1.54, 1.807) is 11.0 Å². The van der Waals surface area contributed by atoms with Gasteiger partial charge in [0.1, 0.15) is 5.82 Å². The van der Waals surface area contributed by atoms with E-state index in [0.29, 0.717) is 25.9 Å². The zero-order valence-electron chi connectivity index (χ0n) is 15.0. The van der Waals surface area contributed by atoms with Crippen LogP contribution in [0.3, 0.4) is 0 Å². The minimum atomic E-state index is -0.850. The number of nitrogens with one attached hydrogen (secondary N) is 1. The Balaban J connectivity index is 1.59. The molecule has 0 saturated carbocycles. The number of carboxylic acids is 1. The van der Waals surface area contributed by atoms with Crippen LogP contribution in [0.2, 0.25) is 0 Å². The Labute approximate surface area is 151 Å². The van der Waals surface area contributed by atoms with Crippen LogP contribution in [0, 0.1) is 17.7 Å². The Kier molecular flexibility index (Phi) is 5.15. The van der Waals surface area contributed by atoms with Crippen molar-refractivity contribution in [1.29, 1.82) is 0 Å². The molecular weight excluding hydrogens is 337 g/mol. The van der Waals surface area contributed by atoms with Gasteiger partial charge in [0.2, 0.25) is 0 Å². The molecule has 2 unspecified atom stereocenters. The number of carboxylic acid groups (broad SMARTS) is 1. The first-order chi connectivity index (χ1) is 12.3. The lowest BCUT2D eigenvalue weighted by molar-refractivity contribution is -0.143. The van der Waals surface area contributed by atoms with Crippen molar-refractivity contribution in [2.45, 2.75) is 19.8 Å². The molecular formula is C19H24FN3O3. The number of piperidine rings is 1. The van der Waals surface area contributed by atoms with E-state index in [1.807, 2.05) is 24.7 Å². The number of carbonyl (C=O) groups excluding carboxylic acids is 1. The third-order valence-electron chi connectivity index (χ3n) is 5.00. The number of aryl methyl sites for hydroxylation is 1. The highest BCUT2D eigenvalue weighted by molar-refractivity contribution is 5.84. The van der Waals surface area contributed by atoms with E-state index in [1.165, 1.54) is 12.1 Å². The van der Waals surface area contributed by atoms with Gasteiger partial charge >= 0.3 is 12.0 Å². The third kappa shape index (κ3) is 3.81. The first-order valence-electron chi connectivity index (χ1n) is 8.84. The van der Waals surface area contributed by atoms with Crippen molar-refractivity contribution < 1.29 is 19.1 Å². The number of hydrogen-bond acceptors (Lipinski definition) is 2. The van der Waals surface area contributed by atoms with E-state index in [2.05, 4.69) is 5.32 Å². The second-order valence-electron chi connectivity index (χ2n) is 7.19. The van der Waals surface area contributed by atoms with Gasteiger partial charge in [-0.25, -0.2) is 9.18 Å². The Morgan fingerprint density at radius 1 is 1.35 bits per heavy atom. The first kappa shape index (κ1) is 18.2. The van der Waals surface area contributed by atoms with Gasteiger partial charge in [-0.15, -0.1) is 0 Å². The molecule has 26 heavy (non-hydrogen) atoms. The Morgan fingerprint density at radius 2 is 2.12 bits per heavy atom. The summed E-state index contributed by atoms with van der Waals surface area (Å²) in [6, 6.07) is 4.46. The molecule has 1 aliphatic rings. The number of benzene rings is 1. The van der Waals surface area contributed by atoms with Crippen molar-refractivity contribution in [2.24, 2.45) is 18.9 Å². The molecule has 0 bridgehead atoms. The summed E-state index contributed by atoms with van der Waals surface area (Å²) in [4.78, 5) is 25.2. The summed E-state index contributed by atoms with van der Waals surface area (Å²) in [5.41, 5.74) is 1.86. The SMILES string of the molecule is CC1CC(C(=O)O)CN(C(=O)NCCc2cn(C)c3cc(F)ccc23)C1. The number of nitrogens with zero attached hydrogens (tertiary/aromatic N) is 2.